The largest absolute Gasteiger partial charge is 0.465 e. The van der Waals surface area contributed by atoms with Gasteiger partial charge in [0.15, 0.2) is 0 Å². The van der Waals surface area contributed by atoms with Gasteiger partial charge in [0.05, 0.1) is 24.7 Å². The number of hydrogen-bond donors (Lipinski definition) is 1. The molecule has 0 aliphatic heterocycles. The van der Waals surface area contributed by atoms with Crippen molar-refractivity contribution >= 4 is 17.6 Å². The van der Waals surface area contributed by atoms with E-state index in [4.69, 9.17) is 4.74 Å². The molecule has 2 aromatic rings. The van der Waals surface area contributed by atoms with Gasteiger partial charge in [-0.05, 0) is 26.0 Å². The normalized spacial score (nSPS) is 11.8. The number of carbonyl (C=O) groups is 2. The minimum Gasteiger partial charge on any atom is -0.465 e. The van der Waals surface area contributed by atoms with Gasteiger partial charge in [0.2, 0.25) is 5.91 Å². The molecule has 0 bridgehead atoms. The molecule has 1 aromatic carbocycles. The average molecular weight is 287 g/mol. The Morgan fingerprint density at radius 1 is 1.38 bits per heavy atom. The van der Waals surface area contributed by atoms with Crippen molar-refractivity contribution in [2.24, 2.45) is 0 Å². The lowest BCUT2D eigenvalue weighted by atomic mass is 10.1. The van der Waals surface area contributed by atoms with E-state index in [1.54, 1.807) is 42.3 Å². The third-order valence-corrected chi connectivity index (χ3v) is 3.19. The van der Waals surface area contributed by atoms with Crippen molar-refractivity contribution in [2.75, 3.05) is 12.4 Å². The average Bonchev–Trinajstić information content (AvgIpc) is 3.01. The molecule has 0 saturated heterocycles. The smallest absolute Gasteiger partial charge is 0.339 e. The first-order chi connectivity index (χ1) is 10.0. The van der Waals surface area contributed by atoms with E-state index in [1.807, 2.05) is 13.0 Å². The van der Waals surface area contributed by atoms with Gasteiger partial charge in [0.25, 0.3) is 0 Å². The Balaban J connectivity index is 2.23. The Morgan fingerprint density at radius 3 is 2.76 bits per heavy atom. The lowest BCUT2D eigenvalue weighted by Gasteiger charge is -2.15. The number of rotatable bonds is 4. The fourth-order valence-electron chi connectivity index (χ4n) is 1.92. The van der Waals surface area contributed by atoms with Crippen LogP contribution in [-0.2, 0) is 9.53 Å². The molecule has 1 atom stereocenters. The number of methoxy groups -OCH3 is 1. The third-order valence-electron chi connectivity index (χ3n) is 3.19. The van der Waals surface area contributed by atoms with Crippen molar-refractivity contribution in [3.05, 3.63) is 48.0 Å². The summed E-state index contributed by atoms with van der Waals surface area (Å²) in [6.07, 6.45) is 4.89. The first kappa shape index (κ1) is 14.8. The van der Waals surface area contributed by atoms with Crippen LogP contribution in [-0.4, -0.2) is 28.5 Å². The van der Waals surface area contributed by atoms with Crippen molar-refractivity contribution < 1.29 is 14.3 Å². The minimum absolute atomic E-state index is 0.234. The van der Waals surface area contributed by atoms with Gasteiger partial charge in [-0.3, -0.25) is 4.79 Å². The van der Waals surface area contributed by atoms with Gasteiger partial charge in [-0.1, -0.05) is 11.6 Å². The van der Waals surface area contributed by atoms with E-state index in [0.717, 1.165) is 5.56 Å². The summed E-state index contributed by atoms with van der Waals surface area (Å²) in [6, 6.07) is 4.77. The van der Waals surface area contributed by atoms with E-state index in [1.165, 1.54) is 7.11 Å². The Kier molecular flexibility index (Phi) is 4.37. The van der Waals surface area contributed by atoms with Crippen molar-refractivity contribution in [2.45, 2.75) is 19.9 Å². The van der Waals surface area contributed by atoms with Crippen molar-refractivity contribution in [3.8, 4) is 0 Å². The Labute approximate surface area is 122 Å². The molecular weight excluding hydrogens is 270 g/mol. The van der Waals surface area contributed by atoms with Crippen LogP contribution in [0.3, 0.4) is 0 Å². The highest BCUT2D eigenvalue weighted by molar-refractivity contribution is 6.02. The number of aromatic nitrogens is 2. The fraction of sp³-hybridized carbons (Fsp3) is 0.267. The zero-order valence-electron chi connectivity index (χ0n) is 12.2. The second-order valence-electron chi connectivity index (χ2n) is 4.72. The first-order valence-electron chi connectivity index (χ1n) is 6.50. The minimum atomic E-state index is -0.482. The molecule has 1 N–H and O–H groups in total. The zero-order chi connectivity index (χ0) is 15.4. The zero-order valence-corrected chi connectivity index (χ0v) is 12.2. The quantitative estimate of drug-likeness (QED) is 0.875. The maximum atomic E-state index is 12.2. The van der Waals surface area contributed by atoms with Gasteiger partial charge in [0, 0.05) is 12.4 Å². The topological polar surface area (TPSA) is 73.2 Å². The molecule has 1 amide bonds. The Bertz CT molecular complexity index is 650. The number of nitrogens with one attached hydrogen (secondary N) is 1. The van der Waals surface area contributed by atoms with Crippen LogP contribution in [0.2, 0.25) is 0 Å². The maximum absolute atomic E-state index is 12.2. The van der Waals surface area contributed by atoms with Gasteiger partial charge in [-0.15, -0.1) is 0 Å². The lowest BCUT2D eigenvalue weighted by molar-refractivity contribution is -0.118. The second-order valence-corrected chi connectivity index (χ2v) is 4.72. The number of carbonyl (C=O) groups excluding carboxylic acids is 2. The van der Waals surface area contributed by atoms with Crippen molar-refractivity contribution in [1.29, 1.82) is 0 Å². The molecule has 0 fully saturated rings. The van der Waals surface area contributed by atoms with Crippen LogP contribution in [0.5, 0.6) is 0 Å². The van der Waals surface area contributed by atoms with Gasteiger partial charge in [-0.25, -0.2) is 9.78 Å². The number of aryl methyl sites for hydroxylation is 1. The molecule has 0 radical (unpaired) electrons. The third kappa shape index (κ3) is 3.28. The highest BCUT2D eigenvalue weighted by Crippen LogP contribution is 2.20. The first-order valence-corrected chi connectivity index (χ1v) is 6.50. The highest BCUT2D eigenvalue weighted by atomic mass is 16.5. The predicted octanol–water partition coefficient (Wildman–Crippen LogP) is 2.18. The van der Waals surface area contributed by atoms with E-state index in [2.05, 4.69) is 10.3 Å². The van der Waals surface area contributed by atoms with Crippen LogP contribution in [0.15, 0.2) is 36.9 Å². The summed E-state index contributed by atoms with van der Waals surface area (Å²) >= 11 is 0. The van der Waals surface area contributed by atoms with E-state index in [0.29, 0.717) is 11.3 Å². The summed E-state index contributed by atoms with van der Waals surface area (Å²) in [5.74, 6) is -0.716. The van der Waals surface area contributed by atoms with Crippen LogP contribution in [0.1, 0.15) is 28.9 Å². The second kappa shape index (κ2) is 6.21. The summed E-state index contributed by atoms with van der Waals surface area (Å²) in [4.78, 5) is 27.9. The molecule has 0 aliphatic carbocycles. The molecule has 0 unspecified atom stereocenters. The van der Waals surface area contributed by atoms with Crippen LogP contribution >= 0.6 is 0 Å². The molecule has 1 heterocycles. The summed E-state index contributed by atoms with van der Waals surface area (Å²) in [6.45, 7) is 3.62. The molecule has 1 aromatic heterocycles. The van der Waals surface area contributed by atoms with E-state index in [-0.39, 0.29) is 5.91 Å². The van der Waals surface area contributed by atoms with Crippen molar-refractivity contribution in [1.82, 2.24) is 9.55 Å². The van der Waals surface area contributed by atoms with Gasteiger partial charge < -0.3 is 14.6 Å². The molecule has 110 valence electrons. The summed E-state index contributed by atoms with van der Waals surface area (Å²) in [7, 11) is 1.31. The highest BCUT2D eigenvalue weighted by Gasteiger charge is 2.18. The molecule has 0 spiro atoms. The summed E-state index contributed by atoms with van der Waals surface area (Å²) in [5, 5.41) is 2.75. The summed E-state index contributed by atoms with van der Waals surface area (Å²) in [5.41, 5.74) is 1.68. The molecule has 6 nitrogen and oxygen atoms in total. The van der Waals surface area contributed by atoms with Gasteiger partial charge in [0.1, 0.15) is 6.04 Å². The lowest BCUT2D eigenvalue weighted by Crippen LogP contribution is -2.24. The van der Waals surface area contributed by atoms with Gasteiger partial charge in [-0.2, -0.15) is 0 Å². The van der Waals surface area contributed by atoms with Crippen LogP contribution < -0.4 is 5.32 Å². The molecular formula is C15H17N3O3. The van der Waals surface area contributed by atoms with E-state index >= 15 is 0 Å². The Hall–Kier alpha value is -2.63. The number of imidazole rings is 1. The monoisotopic (exact) mass is 287 g/mol. The molecule has 0 aliphatic rings. The number of ether oxygens (including phenoxy) is 1. The summed E-state index contributed by atoms with van der Waals surface area (Å²) < 4.78 is 6.42. The SMILES string of the molecule is COC(=O)c1cc(C)ccc1NC(=O)[C@H](C)n1ccnc1. The maximum Gasteiger partial charge on any atom is 0.339 e. The van der Waals surface area contributed by atoms with E-state index in [9.17, 15) is 9.59 Å². The molecule has 6 heteroatoms. The number of nitrogens with zero attached hydrogens (tertiary/aromatic N) is 2. The fourth-order valence-corrected chi connectivity index (χ4v) is 1.92. The number of anilines is 1. The predicted molar refractivity (Wildman–Crippen MR) is 78.1 cm³/mol. The van der Waals surface area contributed by atoms with Gasteiger partial charge >= 0.3 is 5.97 Å². The number of esters is 1. The van der Waals surface area contributed by atoms with Crippen molar-refractivity contribution in [3.63, 3.8) is 0 Å². The van der Waals surface area contributed by atoms with Crippen LogP contribution in [0.4, 0.5) is 5.69 Å². The molecule has 21 heavy (non-hydrogen) atoms. The number of hydrogen-bond acceptors (Lipinski definition) is 4. The van der Waals surface area contributed by atoms with Crippen LogP contribution in [0, 0.1) is 6.92 Å². The van der Waals surface area contributed by atoms with Crippen LogP contribution in [0.25, 0.3) is 0 Å². The number of benzene rings is 1. The number of amides is 1. The molecule has 2 rings (SSSR count). The van der Waals surface area contributed by atoms with E-state index < -0.39 is 12.0 Å². The molecule has 0 saturated carbocycles. The standard InChI is InChI=1S/C15H17N3O3/c1-10-4-5-13(12(8-10)15(20)21-3)17-14(19)11(2)18-7-6-16-9-18/h4-9,11H,1-3H3,(H,17,19)/t11-/m0/s1. The Morgan fingerprint density at radius 2 is 2.14 bits per heavy atom.